The molecule has 0 radical (unpaired) electrons. The highest BCUT2D eigenvalue weighted by molar-refractivity contribution is 5.89. The summed E-state index contributed by atoms with van der Waals surface area (Å²) in [5.41, 5.74) is 12.2. The van der Waals surface area contributed by atoms with E-state index in [1.807, 2.05) is 7.05 Å². The number of nitrogens with one attached hydrogen (secondary N) is 1. The van der Waals surface area contributed by atoms with Gasteiger partial charge in [0, 0.05) is 11.5 Å². The van der Waals surface area contributed by atoms with E-state index in [0.29, 0.717) is 5.92 Å². The average molecular weight is 273 g/mol. The van der Waals surface area contributed by atoms with Crippen LogP contribution >= 0.6 is 0 Å². The minimum atomic E-state index is 0.409. The summed E-state index contributed by atoms with van der Waals surface area (Å²) in [6, 6.07) is 17.6. The zero-order valence-corrected chi connectivity index (χ0v) is 12.3. The third-order valence-electron chi connectivity index (χ3n) is 4.59. The quantitative estimate of drug-likeness (QED) is 0.653. The van der Waals surface area contributed by atoms with E-state index in [9.17, 15) is 0 Å². The first kappa shape index (κ1) is 12.6. The fraction of sp³-hybridized carbons (Fsp3) is 0.250. The zero-order chi connectivity index (χ0) is 14.2. The Balaban J connectivity index is 1.87. The average Bonchev–Trinajstić information content (AvgIpc) is 2.55. The Morgan fingerprint density at radius 3 is 2.19 bits per heavy atom. The molecule has 2 bridgehead atoms. The Kier molecular flexibility index (Phi) is 3.03. The first-order chi connectivity index (χ1) is 10.4. The standard InChI is InChI=1S/C20H19N/c1-21-12-6-7-14-13-19-15-8-2-4-10-17(15)20(14)18-11-5-3-9-16(18)19/h2-5,8-11,20-21H,6-7,12H2,1H3. The van der Waals surface area contributed by atoms with Crippen molar-refractivity contribution in [2.24, 2.45) is 0 Å². The molecule has 1 heteroatoms. The van der Waals surface area contributed by atoms with Crippen LogP contribution in [0.25, 0.3) is 5.57 Å². The van der Waals surface area contributed by atoms with E-state index >= 15 is 0 Å². The van der Waals surface area contributed by atoms with Gasteiger partial charge in [-0.15, -0.1) is 5.73 Å². The van der Waals surface area contributed by atoms with Crippen LogP contribution in [-0.2, 0) is 0 Å². The van der Waals surface area contributed by atoms with Gasteiger partial charge in [-0.1, -0.05) is 48.5 Å². The lowest BCUT2D eigenvalue weighted by molar-refractivity contribution is 0.695. The third kappa shape index (κ3) is 1.90. The lowest BCUT2D eigenvalue weighted by Crippen LogP contribution is -2.19. The Morgan fingerprint density at radius 1 is 0.952 bits per heavy atom. The van der Waals surface area contributed by atoms with Gasteiger partial charge in [0.2, 0.25) is 0 Å². The molecule has 1 N–H and O–H groups in total. The van der Waals surface area contributed by atoms with E-state index < -0.39 is 0 Å². The summed E-state index contributed by atoms with van der Waals surface area (Å²) < 4.78 is 0. The predicted octanol–water partition coefficient (Wildman–Crippen LogP) is 4.10. The second-order valence-corrected chi connectivity index (χ2v) is 5.84. The molecule has 2 aromatic rings. The van der Waals surface area contributed by atoms with Gasteiger partial charge in [0.05, 0.1) is 0 Å². The molecule has 0 spiro atoms. The molecule has 0 unspecified atom stereocenters. The van der Waals surface area contributed by atoms with Crippen LogP contribution in [-0.4, -0.2) is 13.6 Å². The summed E-state index contributed by atoms with van der Waals surface area (Å²) in [6.45, 7) is 1.07. The van der Waals surface area contributed by atoms with Gasteiger partial charge in [-0.2, -0.15) is 0 Å². The van der Waals surface area contributed by atoms with Crippen LogP contribution in [0.1, 0.15) is 41.0 Å². The van der Waals surface area contributed by atoms with E-state index in [1.54, 1.807) is 0 Å². The van der Waals surface area contributed by atoms with Crippen molar-refractivity contribution in [3.63, 3.8) is 0 Å². The SMILES string of the molecule is CNCCCC1=C=C2c3ccccc3C1c1ccccc12. The molecule has 0 aromatic heterocycles. The van der Waals surface area contributed by atoms with Gasteiger partial charge in [-0.3, -0.25) is 0 Å². The molecular formula is C20H19N. The first-order valence-electron chi connectivity index (χ1n) is 7.73. The maximum absolute atomic E-state index is 3.73. The molecule has 0 atom stereocenters. The molecule has 2 aromatic carbocycles. The van der Waals surface area contributed by atoms with E-state index in [2.05, 4.69) is 59.6 Å². The highest BCUT2D eigenvalue weighted by Crippen LogP contribution is 2.49. The molecule has 3 aliphatic carbocycles. The van der Waals surface area contributed by atoms with Crippen molar-refractivity contribution in [1.29, 1.82) is 0 Å². The first-order valence-corrected chi connectivity index (χ1v) is 7.73. The van der Waals surface area contributed by atoms with Crippen molar-refractivity contribution in [3.05, 3.63) is 82.1 Å². The van der Waals surface area contributed by atoms with Crippen LogP contribution in [0.15, 0.2) is 59.8 Å². The fourth-order valence-corrected chi connectivity index (χ4v) is 3.67. The van der Waals surface area contributed by atoms with E-state index in [1.165, 1.54) is 39.8 Å². The van der Waals surface area contributed by atoms with Gasteiger partial charge in [0.1, 0.15) is 0 Å². The van der Waals surface area contributed by atoms with Crippen LogP contribution in [0.5, 0.6) is 0 Å². The molecule has 104 valence electrons. The minimum absolute atomic E-state index is 0.409. The molecule has 3 aliphatic rings. The van der Waals surface area contributed by atoms with E-state index in [4.69, 9.17) is 0 Å². The van der Waals surface area contributed by atoms with Gasteiger partial charge in [0.15, 0.2) is 0 Å². The van der Waals surface area contributed by atoms with Gasteiger partial charge in [0.25, 0.3) is 0 Å². The predicted molar refractivity (Wildman–Crippen MR) is 87.4 cm³/mol. The van der Waals surface area contributed by atoms with Crippen LogP contribution in [0.4, 0.5) is 0 Å². The fourth-order valence-electron chi connectivity index (χ4n) is 3.67. The summed E-state index contributed by atoms with van der Waals surface area (Å²) in [6.07, 6.45) is 2.30. The Labute approximate surface area is 126 Å². The highest BCUT2D eigenvalue weighted by atomic mass is 14.8. The molecule has 5 rings (SSSR count). The topological polar surface area (TPSA) is 12.0 Å². The third-order valence-corrected chi connectivity index (χ3v) is 4.59. The molecule has 21 heavy (non-hydrogen) atoms. The largest absolute Gasteiger partial charge is 0.320 e. The molecule has 1 nitrogen and oxygen atoms in total. The normalized spacial score (nSPS) is 15.3. The van der Waals surface area contributed by atoms with Gasteiger partial charge >= 0.3 is 0 Å². The van der Waals surface area contributed by atoms with Crippen molar-refractivity contribution in [3.8, 4) is 0 Å². The van der Waals surface area contributed by atoms with Crippen LogP contribution < -0.4 is 5.32 Å². The maximum atomic E-state index is 3.73. The van der Waals surface area contributed by atoms with Crippen molar-refractivity contribution in [1.82, 2.24) is 5.32 Å². The summed E-state index contributed by atoms with van der Waals surface area (Å²) in [4.78, 5) is 0. The van der Waals surface area contributed by atoms with Crippen molar-refractivity contribution in [2.75, 3.05) is 13.6 Å². The number of benzene rings is 2. The second-order valence-electron chi connectivity index (χ2n) is 5.84. The number of rotatable bonds is 4. The zero-order valence-electron chi connectivity index (χ0n) is 12.3. The van der Waals surface area contributed by atoms with Crippen LogP contribution in [0.3, 0.4) is 0 Å². The van der Waals surface area contributed by atoms with Crippen molar-refractivity contribution < 1.29 is 0 Å². The van der Waals surface area contributed by atoms with Crippen LogP contribution in [0.2, 0.25) is 0 Å². The Morgan fingerprint density at radius 2 is 1.57 bits per heavy atom. The smallest absolute Gasteiger partial charge is 0.0387 e. The van der Waals surface area contributed by atoms with Gasteiger partial charge in [-0.25, -0.2) is 0 Å². The summed E-state index contributed by atoms with van der Waals surface area (Å²) >= 11 is 0. The van der Waals surface area contributed by atoms with E-state index in [0.717, 1.165) is 13.0 Å². The molecule has 0 saturated carbocycles. The summed E-state index contributed by atoms with van der Waals surface area (Å²) in [7, 11) is 2.02. The monoisotopic (exact) mass is 273 g/mol. The number of allylic oxidation sites excluding steroid dienone is 1. The van der Waals surface area contributed by atoms with Gasteiger partial charge in [-0.05, 0) is 54.3 Å². The summed E-state index contributed by atoms with van der Waals surface area (Å²) in [5.74, 6) is 0.409. The molecular weight excluding hydrogens is 254 g/mol. The van der Waals surface area contributed by atoms with Crippen LogP contribution in [0, 0.1) is 0 Å². The van der Waals surface area contributed by atoms with Crippen molar-refractivity contribution >= 4 is 5.57 Å². The maximum Gasteiger partial charge on any atom is 0.0387 e. The lowest BCUT2D eigenvalue weighted by atomic mass is 9.68. The van der Waals surface area contributed by atoms with Crippen molar-refractivity contribution in [2.45, 2.75) is 18.8 Å². The highest BCUT2D eigenvalue weighted by Gasteiger charge is 2.33. The Bertz CT molecular complexity index is 713. The lowest BCUT2D eigenvalue weighted by Gasteiger charge is -2.34. The Hall–Kier alpha value is -2.08. The number of hydrogen-bond donors (Lipinski definition) is 1. The number of hydrogen-bond acceptors (Lipinski definition) is 1. The molecule has 0 fully saturated rings. The molecule has 0 heterocycles. The minimum Gasteiger partial charge on any atom is -0.320 e. The molecule has 0 aliphatic heterocycles. The second kappa shape index (κ2) is 5.04. The van der Waals surface area contributed by atoms with E-state index in [-0.39, 0.29) is 0 Å². The summed E-state index contributed by atoms with van der Waals surface area (Å²) in [5, 5.41) is 3.24. The van der Waals surface area contributed by atoms with Gasteiger partial charge < -0.3 is 5.32 Å². The molecule has 0 saturated heterocycles. The molecule has 0 amide bonds.